The van der Waals surface area contributed by atoms with Crippen LogP contribution in [0, 0.1) is 5.92 Å². The lowest BCUT2D eigenvalue weighted by Crippen LogP contribution is -2.17. The van der Waals surface area contributed by atoms with Gasteiger partial charge in [0.25, 0.3) is 5.91 Å². The Morgan fingerprint density at radius 3 is 2.97 bits per heavy atom. The number of pyridine rings is 1. The van der Waals surface area contributed by atoms with E-state index in [4.69, 9.17) is 13.9 Å². The Morgan fingerprint density at radius 1 is 1.34 bits per heavy atom. The predicted molar refractivity (Wildman–Crippen MR) is 110 cm³/mol. The molecule has 3 aromatic heterocycles. The molecule has 1 N–H and O–H groups in total. The van der Waals surface area contributed by atoms with Crippen molar-refractivity contribution < 1.29 is 18.7 Å². The number of thiazole rings is 1. The number of methoxy groups -OCH3 is 1. The van der Waals surface area contributed by atoms with Crippen molar-refractivity contribution in [3.8, 4) is 11.5 Å². The summed E-state index contributed by atoms with van der Waals surface area (Å²) in [6, 6.07) is 7.15. The summed E-state index contributed by atoms with van der Waals surface area (Å²) in [5.74, 6) is 1.05. The van der Waals surface area contributed by atoms with E-state index in [9.17, 15) is 4.79 Å². The summed E-state index contributed by atoms with van der Waals surface area (Å²) in [6.07, 6.45) is 6.22. The molecule has 7 nitrogen and oxygen atoms in total. The van der Waals surface area contributed by atoms with E-state index in [1.807, 2.05) is 12.1 Å². The minimum absolute atomic E-state index is 0.220. The van der Waals surface area contributed by atoms with Gasteiger partial charge in [-0.25, -0.2) is 4.98 Å². The Hall–Kier alpha value is -2.55. The van der Waals surface area contributed by atoms with Crippen molar-refractivity contribution in [1.82, 2.24) is 9.97 Å². The number of amides is 1. The Kier molecular flexibility index (Phi) is 6.33. The summed E-state index contributed by atoms with van der Waals surface area (Å²) < 4.78 is 16.1. The van der Waals surface area contributed by atoms with Crippen molar-refractivity contribution in [3.63, 3.8) is 0 Å². The zero-order valence-electron chi connectivity index (χ0n) is 16.2. The molecule has 0 atom stereocenters. The SMILES string of the molecule is COCc1cc(C(=O)Nc2nc(-c3ccco3)c(CC3CCOCC3)s2)ccn1. The fourth-order valence-electron chi connectivity index (χ4n) is 3.38. The van der Waals surface area contributed by atoms with E-state index >= 15 is 0 Å². The number of ether oxygens (including phenoxy) is 2. The number of furan rings is 1. The minimum atomic E-state index is -0.220. The van der Waals surface area contributed by atoms with Gasteiger partial charge >= 0.3 is 0 Å². The van der Waals surface area contributed by atoms with Crippen LogP contribution in [0.15, 0.2) is 41.1 Å². The van der Waals surface area contributed by atoms with Crippen LogP contribution in [0.5, 0.6) is 0 Å². The first-order chi connectivity index (χ1) is 14.2. The summed E-state index contributed by atoms with van der Waals surface area (Å²) in [4.78, 5) is 22.7. The van der Waals surface area contributed by atoms with Gasteiger partial charge in [-0.3, -0.25) is 15.1 Å². The lowest BCUT2D eigenvalue weighted by molar-refractivity contribution is 0.0667. The van der Waals surface area contributed by atoms with Crippen molar-refractivity contribution in [2.24, 2.45) is 5.92 Å². The Labute approximate surface area is 173 Å². The highest BCUT2D eigenvalue weighted by Gasteiger charge is 2.22. The Morgan fingerprint density at radius 2 is 2.21 bits per heavy atom. The zero-order chi connectivity index (χ0) is 20.1. The molecule has 152 valence electrons. The molecule has 0 aromatic carbocycles. The standard InChI is InChI=1S/C21H23N3O4S/c1-26-13-16-12-15(4-7-22-16)20(25)24-21-23-19(17-3-2-8-28-17)18(29-21)11-14-5-9-27-10-6-14/h2-4,7-8,12,14H,5-6,9-11,13H2,1H3,(H,23,24,25). The summed E-state index contributed by atoms with van der Waals surface area (Å²) in [5, 5.41) is 3.48. The number of carbonyl (C=O) groups is 1. The number of rotatable bonds is 7. The zero-order valence-corrected chi connectivity index (χ0v) is 17.0. The van der Waals surface area contributed by atoms with Crippen LogP contribution in [0.25, 0.3) is 11.5 Å². The largest absolute Gasteiger partial charge is 0.463 e. The van der Waals surface area contributed by atoms with Gasteiger partial charge in [-0.2, -0.15) is 0 Å². The molecule has 29 heavy (non-hydrogen) atoms. The monoisotopic (exact) mass is 413 g/mol. The topological polar surface area (TPSA) is 86.5 Å². The van der Waals surface area contributed by atoms with Crippen LogP contribution in [0.1, 0.15) is 33.8 Å². The second-order valence-electron chi connectivity index (χ2n) is 6.95. The van der Waals surface area contributed by atoms with Gasteiger partial charge in [0.15, 0.2) is 10.9 Å². The first-order valence-corrected chi connectivity index (χ1v) is 10.4. The van der Waals surface area contributed by atoms with Gasteiger partial charge in [-0.15, -0.1) is 11.3 Å². The van der Waals surface area contributed by atoms with E-state index in [0.29, 0.717) is 28.9 Å². The molecule has 0 aliphatic carbocycles. The average Bonchev–Trinajstić information content (AvgIpc) is 3.39. The van der Waals surface area contributed by atoms with Crippen LogP contribution in [0.4, 0.5) is 5.13 Å². The van der Waals surface area contributed by atoms with Crippen molar-refractivity contribution in [2.45, 2.75) is 25.9 Å². The number of nitrogens with zero attached hydrogens (tertiary/aromatic N) is 2. The number of hydrogen-bond donors (Lipinski definition) is 1. The predicted octanol–water partition coefficient (Wildman–Crippen LogP) is 4.17. The van der Waals surface area contributed by atoms with Crippen molar-refractivity contribution in [1.29, 1.82) is 0 Å². The average molecular weight is 413 g/mol. The highest BCUT2D eigenvalue weighted by atomic mass is 32.1. The van der Waals surface area contributed by atoms with Gasteiger partial charge in [-0.1, -0.05) is 0 Å². The van der Waals surface area contributed by atoms with Crippen LogP contribution in [0.3, 0.4) is 0 Å². The molecular weight excluding hydrogens is 390 g/mol. The van der Waals surface area contributed by atoms with Gasteiger partial charge in [0, 0.05) is 37.0 Å². The lowest BCUT2D eigenvalue weighted by atomic mass is 9.95. The molecule has 0 radical (unpaired) electrons. The van der Waals surface area contributed by atoms with Gasteiger partial charge in [0.1, 0.15) is 5.69 Å². The number of carbonyl (C=O) groups excluding carboxylic acids is 1. The van der Waals surface area contributed by atoms with E-state index in [1.54, 1.807) is 31.7 Å². The van der Waals surface area contributed by atoms with Gasteiger partial charge < -0.3 is 13.9 Å². The third-order valence-electron chi connectivity index (χ3n) is 4.86. The number of nitrogens with one attached hydrogen (secondary N) is 1. The molecule has 1 amide bonds. The first-order valence-electron chi connectivity index (χ1n) is 9.59. The van der Waals surface area contributed by atoms with Crippen molar-refractivity contribution >= 4 is 22.4 Å². The molecule has 8 heteroatoms. The third-order valence-corrected chi connectivity index (χ3v) is 5.85. The maximum Gasteiger partial charge on any atom is 0.257 e. The second-order valence-corrected chi connectivity index (χ2v) is 8.03. The van der Waals surface area contributed by atoms with Crippen LogP contribution in [-0.4, -0.2) is 36.2 Å². The Balaban J connectivity index is 1.54. The summed E-state index contributed by atoms with van der Waals surface area (Å²) >= 11 is 1.50. The molecule has 1 aliphatic heterocycles. The van der Waals surface area contributed by atoms with Crippen molar-refractivity contribution in [2.75, 3.05) is 25.6 Å². The smallest absolute Gasteiger partial charge is 0.257 e. The molecule has 4 heterocycles. The fraction of sp³-hybridized carbons (Fsp3) is 0.381. The molecule has 0 bridgehead atoms. The minimum Gasteiger partial charge on any atom is -0.463 e. The van der Waals surface area contributed by atoms with Gasteiger partial charge in [0.2, 0.25) is 0 Å². The maximum atomic E-state index is 12.7. The summed E-state index contributed by atoms with van der Waals surface area (Å²) in [7, 11) is 1.60. The van der Waals surface area contributed by atoms with E-state index in [2.05, 4.69) is 15.3 Å². The second kappa shape index (κ2) is 9.30. The molecule has 0 spiro atoms. The molecule has 1 saturated heterocycles. The summed E-state index contributed by atoms with van der Waals surface area (Å²) in [6.45, 7) is 1.96. The molecular formula is C21H23N3O4S. The van der Waals surface area contributed by atoms with Gasteiger partial charge in [0.05, 0.1) is 18.6 Å². The van der Waals surface area contributed by atoms with Crippen LogP contribution in [-0.2, 0) is 22.5 Å². The fourth-order valence-corrected chi connectivity index (χ4v) is 4.45. The quantitative estimate of drug-likeness (QED) is 0.626. The molecule has 0 saturated carbocycles. The van der Waals surface area contributed by atoms with E-state index < -0.39 is 0 Å². The highest BCUT2D eigenvalue weighted by molar-refractivity contribution is 7.16. The number of anilines is 1. The third kappa shape index (κ3) is 4.90. The van der Waals surface area contributed by atoms with Crippen molar-refractivity contribution in [3.05, 3.63) is 52.9 Å². The normalized spacial score (nSPS) is 14.8. The number of aromatic nitrogens is 2. The number of hydrogen-bond acceptors (Lipinski definition) is 7. The first kappa shape index (κ1) is 19.8. The molecule has 0 unspecified atom stereocenters. The molecule has 4 rings (SSSR count). The van der Waals surface area contributed by atoms with Crippen LogP contribution < -0.4 is 5.32 Å². The van der Waals surface area contributed by atoms with E-state index in [-0.39, 0.29) is 5.91 Å². The highest BCUT2D eigenvalue weighted by Crippen LogP contribution is 2.35. The summed E-state index contributed by atoms with van der Waals surface area (Å²) in [5.41, 5.74) is 2.03. The van der Waals surface area contributed by atoms with Crippen LogP contribution >= 0.6 is 11.3 Å². The van der Waals surface area contributed by atoms with Gasteiger partial charge in [-0.05, 0) is 49.4 Å². The van der Waals surface area contributed by atoms with Crippen LogP contribution in [0.2, 0.25) is 0 Å². The lowest BCUT2D eigenvalue weighted by Gasteiger charge is -2.21. The molecule has 1 fully saturated rings. The molecule has 1 aliphatic rings. The van der Waals surface area contributed by atoms with E-state index in [1.165, 1.54) is 11.3 Å². The maximum absolute atomic E-state index is 12.7. The van der Waals surface area contributed by atoms with E-state index in [0.717, 1.165) is 48.8 Å². The Bertz CT molecular complexity index is 949. The molecule has 3 aromatic rings.